The number of hydrogen-bond acceptors (Lipinski definition) is 2. The van der Waals surface area contributed by atoms with Gasteiger partial charge in [-0.05, 0) is 55.2 Å². The maximum atomic E-state index is 14.3. The van der Waals surface area contributed by atoms with Gasteiger partial charge in [-0.2, -0.15) is 0 Å². The van der Waals surface area contributed by atoms with E-state index in [-0.39, 0.29) is 17.1 Å². The Morgan fingerprint density at radius 3 is 2.64 bits per heavy atom. The Morgan fingerprint density at radius 1 is 1.14 bits per heavy atom. The van der Waals surface area contributed by atoms with Crippen LogP contribution in [0.4, 0.5) is 14.5 Å². The van der Waals surface area contributed by atoms with Gasteiger partial charge < -0.3 is 0 Å². The maximum absolute atomic E-state index is 14.3. The molecule has 0 amide bonds. The van der Waals surface area contributed by atoms with Crippen molar-refractivity contribution in [1.29, 1.82) is 0 Å². The van der Waals surface area contributed by atoms with E-state index in [1.54, 1.807) is 13.0 Å². The molecule has 1 aliphatic heterocycles. The van der Waals surface area contributed by atoms with Crippen LogP contribution in [0.25, 0.3) is 0 Å². The highest BCUT2D eigenvalue weighted by atomic mass is 32.2. The highest BCUT2D eigenvalue weighted by Gasteiger charge is 2.31. The molecule has 0 aliphatic carbocycles. The second-order valence-corrected chi connectivity index (χ2v) is 7.25. The van der Waals surface area contributed by atoms with Crippen LogP contribution in [0.2, 0.25) is 0 Å². The lowest BCUT2D eigenvalue weighted by Crippen LogP contribution is -2.36. The van der Waals surface area contributed by atoms with Gasteiger partial charge in [0.1, 0.15) is 11.6 Å². The molecule has 0 spiro atoms. The number of anilines is 1. The fourth-order valence-corrected chi connectivity index (χ4v) is 4.38. The van der Waals surface area contributed by atoms with E-state index in [4.69, 9.17) is 0 Å². The number of aryl methyl sites for hydroxylation is 2. The number of halogens is 2. The fourth-order valence-electron chi connectivity index (χ4n) is 2.80. The first-order valence-electron chi connectivity index (χ1n) is 6.97. The number of hydrogen-bond donors (Lipinski definition) is 0. The molecule has 0 fully saturated rings. The molecular weight excluding hydrogens is 308 g/mol. The van der Waals surface area contributed by atoms with E-state index in [0.717, 1.165) is 15.9 Å². The van der Waals surface area contributed by atoms with Crippen LogP contribution < -0.4 is 4.31 Å². The van der Waals surface area contributed by atoms with Crippen LogP contribution in [0.3, 0.4) is 0 Å². The number of fused-ring (bicyclic) bond motifs is 1. The van der Waals surface area contributed by atoms with Crippen LogP contribution in [0.5, 0.6) is 0 Å². The topological polar surface area (TPSA) is 37.4 Å². The molecule has 0 N–H and O–H groups in total. The highest BCUT2D eigenvalue weighted by Crippen LogP contribution is 2.35. The quantitative estimate of drug-likeness (QED) is 0.849. The molecule has 1 heterocycles. The second kappa shape index (κ2) is 5.35. The molecule has 0 unspecified atom stereocenters. The average molecular weight is 323 g/mol. The zero-order valence-electron chi connectivity index (χ0n) is 12.0. The largest absolute Gasteiger partial charge is 0.264 e. The van der Waals surface area contributed by atoms with E-state index in [1.807, 2.05) is 0 Å². The summed E-state index contributed by atoms with van der Waals surface area (Å²) in [5.41, 5.74) is 1.51. The third-order valence-corrected chi connectivity index (χ3v) is 5.52. The van der Waals surface area contributed by atoms with Crippen LogP contribution in [-0.4, -0.2) is 15.0 Å². The van der Waals surface area contributed by atoms with Crippen molar-refractivity contribution in [3.05, 3.63) is 59.2 Å². The Labute approximate surface area is 128 Å². The van der Waals surface area contributed by atoms with Crippen LogP contribution >= 0.6 is 0 Å². The molecule has 6 heteroatoms. The van der Waals surface area contributed by atoms with Crippen LogP contribution in [0, 0.1) is 18.6 Å². The predicted molar refractivity (Wildman–Crippen MR) is 80.4 cm³/mol. The van der Waals surface area contributed by atoms with E-state index >= 15 is 0 Å². The van der Waals surface area contributed by atoms with Gasteiger partial charge in [-0.3, -0.25) is 4.31 Å². The molecule has 0 bridgehead atoms. The first kappa shape index (κ1) is 15.0. The Balaban J connectivity index is 2.15. The predicted octanol–water partition coefficient (Wildman–Crippen LogP) is 3.41. The van der Waals surface area contributed by atoms with Gasteiger partial charge in [-0.1, -0.05) is 12.1 Å². The van der Waals surface area contributed by atoms with Crippen LogP contribution in [0.15, 0.2) is 41.3 Å². The Bertz CT molecular complexity index is 834. The zero-order valence-corrected chi connectivity index (χ0v) is 12.8. The number of benzene rings is 2. The smallest absolute Gasteiger partial charge is 0.263 e. The van der Waals surface area contributed by atoms with E-state index in [2.05, 4.69) is 0 Å². The summed E-state index contributed by atoms with van der Waals surface area (Å²) in [6, 6.07) is 7.89. The molecule has 0 aromatic heterocycles. The van der Waals surface area contributed by atoms with Gasteiger partial charge in [0.15, 0.2) is 0 Å². The molecule has 2 aromatic carbocycles. The van der Waals surface area contributed by atoms with Crippen molar-refractivity contribution in [1.82, 2.24) is 0 Å². The molecule has 0 saturated heterocycles. The minimum atomic E-state index is -3.98. The summed E-state index contributed by atoms with van der Waals surface area (Å²) in [6.45, 7) is 1.95. The van der Waals surface area contributed by atoms with Crippen LogP contribution in [0.1, 0.15) is 17.5 Å². The van der Waals surface area contributed by atoms with E-state index in [1.165, 1.54) is 24.3 Å². The lowest BCUT2D eigenvalue weighted by atomic mass is 10.0. The first-order chi connectivity index (χ1) is 10.4. The second-order valence-electron chi connectivity index (χ2n) is 5.39. The summed E-state index contributed by atoms with van der Waals surface area (Å²) < 4.78 is 54.2. The monoisotopic (exact) mass is 323 g/mol. The van der Waals surface area contributed by atoms with Crippen molar-refractivity contribution >= 4 is 15.7 Å². The van der Waals surface area contributed by atoms with Crippen molar-refractivity contribution in [2.24, 2.45) is 0 Å². The molecule has 0 saturated carbocycles. The minimum absolute atomic E-state index is 0.0844. The molecule has 1 aliphatic rings. The molecule has 3 nitrogen and oxygen atoms in total. The third-order valence-electron chi connectivity index (χ3n) is 3.73. The molecule has 0 atom stereocenters. The van der Waals surface area contributed by atoms with Gasteiger partial charge in [0.2, 0.25) is 0 Å². The zero-order chi connectivity index (χ0) is 15.9. The Kier molecular flexibility index (Phi) is 3.64. The van der Waals surface area contributed by atoms with Crippen molar-refractivity contribution in [3.63, 3.8) is 0 Å². The minimum Gasteiger partial charge on any atom is -0.263 e. The number of nitrogens with zero attached hydrogens (tertiary/aromatic N) is 1. The summed E-state index contributed by atoms with van der Waals surface area (Å²) in [6.07, 6.45) is 1.23. The fraction of sp³-hybridized carbons (Fsp3) is 0.250. The third kappa shape index (κ3) is 2.47. The Morgan fingerprint density at radius 2 is 1.91 bits per heavy atom. The first-order valence-corrected chi connectivity index (χ1v) is 8.41. The van der Waals surface area contributed by atoms with Gasteiger partial charge >= 0.3 is 0 Å². The van der Waals surface area contributed by atoms with Gasteiger partial charge in [0.05, 0.1) is 10.6 Å². The highest BCUT2D eigenvalue weighted by molar-refractivity contribution is 7.92. The summed E-state index contributed by atoms with van der Waals surface area (Å²) in [7, 11) is -3.98. The Hall–Kier alpha value is -1.95. The lowest BCUT2D eigenvalue weighted by molar-refractivity contribution is 0.574. The maximum Gasteiger partial charge on any atom is 0.264 e. The summed E-state index contributed by atoms with van der Waals surface area (Å²) in [5, 5.41) is 0. The van der Waals surface area contributed by atoms with Crippen molar-refractivity contribution in [2.75, 3.05) is 10.8 Å². The SMILES string of the molecule is Cc1cc(F)c2c(c1)CCCN2S(=O)(=O)c1cccc(F)c1. The van der Waals surface area contributed by atoms with Crippen molar-refractivity contribution in [2.45, 2.75) is 24.7 Å². The molecule has 116 valence electrons. The van der Waals surface area contributed by atoms with Gasteiger partial charge in [0, 0.05) is 6.54 Å². The molecular formula is C16H15F2NO2S. The summed E-state index contributed by atoms with van der Waals surface area (Å²) >= 11 is 0. The molecule has 3 rings (SSSR count). The standard InChI is InChI=1S/C16H15F2NO2S/c1-11-8-12-4-3-7-19(16(12)15(18)9-11)22(20,21)14-6-2-5-13(17)10-14/h2,5-6,8-10H,3-4,7H2,1H3. The molecule has 22 heavy (non-hydrogen) atoms. The molecule has 2 aromatic rings. The van der Waals surface area contributed by atoms with E-state index < -0.39 is 21.7 Å². The summed E-state index contributed by atoms with van der Waals surface area (Å²) in [5.74, 6) is -1.20. The van der Waals surface area contributed by atoms with Crippen molar-refractivity contribution < 1.29 is 17.2 Å². The number of rotatable bonds is 2. The van der Waals surface area contributed by atoms with E-state index in [9.17, 15) is 17.2 Å². The van der Waals surface area contributed by atoms with E-state index in [0.29, 0.717) is 18.4 Å². The normalized spacial score (nSPS) is 14.8. The van der Waals surface area contributed by atoms with Crippen LogP contribution in [-0.2, 0) is 16.4 Å². The van der Waals surface area contributed by atoms with Gasteiger partial charge in [0.25, 0.3) is 10.0 Å². The van der Waals surface area contributed by atoms with Crippen molar-refractivity contribution in [3.8, 4) is 0 Å². The molecule has 0 radical (unpaired) electrons. The number of sulfonamides is 1. The lowest BCUT2D eigenvalue weighted by Gasteiger charge is -2.31. The van der Waals surface area contributed by atoms with Gasteiger partial charge in [-0.15, -0.1) is 0 Å². The average Bonchev–Trinajstić information content (AvgIpc) is 2.46. The summed E-state index contributed by atoms with van der Waals surface area (Å²) in [4.78, 5) is -0.166. The van der Waals surface area contributed by atoms with Gasteiger partial charge in [-0.25, -0.2) is 17.2 Å².